The third-order valence-electron chi connectivity index (χ3n) is 12.8. The molecule has 0 aliphatic carbocycles. The minimum absolute atomic E-state index is 0.323. The van der Waals surface area contributed by atoms with Gasteiger partial charge in [-0.05, 0) is 133 Å². The van der Waals surface area contributed by atoms with Crippen LogP contribution in [0.2, 0.25) is 0 Å². The molecule has 0 amide bonds. The largest absolute Gasteiger partial charge is 0.487 e. The lowest BCUT2D eigenvalue weighted by molar-refractivity contribution is -0.00519. The molecule has 1 unspecified atom stereocenters. The maximum absolute atomic E-state index is 13.1. The number of nitrogens with zero attached hydrogens (tertiary/aromatic N) is 7. The Labute approximate surface area is 428 Å². The van der Waals surface area contributed by atoms with Crippen molar-refractivity contribution in [3.8, 4) is 17.0 Å². The maximum Gasteiger partial charge on any atom is 0.134 e. The van der Waals surface area contributed by atoms with Crippen LogP contribution in [0, 0.1) is 0 Å². The van der Waals surface area contributed by atoms with E-state index in [1.165, 1.54) is 37.9 Å². The summed E-state index contributed by atoms with van der Waals surface area (Å²) in [5.41, 5.74) is 12.4. The van der Waals surface area contributed by atoms with Crippen molar-refractivity contribution < 1.29 is 27.9 Å². The molecule has 2 aliphatic heterocycles. The summed E-state index contributed by atoms with van der Waals surface area (Å²) in [7, 11) is -1.22. The highest BCUT2D eigenvalue weighted by atomic mass is 32.2. The molecule has 0 saturated carbocycles. The van der Waals surface area contributed by atoms with Crippen molar-refractivity contribution in [2.24, 2.45) is 0 Å². The lowest BCUT2D eigenvalue weighted by Crippen LogP contribution is -2.40. The van der Waals surface area contributed by atoms with E-state index >= 15 is 0 Å². The number of hydrogen-bond acceptors (Lipinski definition) is 14. The molecule has 2 aliphatic rings. The predicted octanol–water partition coefficient (Wildman–Crippen LogP) is 8.68. The number of benzene rings is 4. The summed E-state index contributed by atoms with van der Waals surface area (Å²) in [5.74, 6) is 0.767. The summed E-state index contributed by atoms with van der Waals surface area (Å²) in [6.45, 7) is 14.7. The van der Waals surface area contributed by atoms with Gasteiger partial charge in [-0.25, -0.2) is 17.5 Å². The zero-order chi connectivity index (χ0) is 48.6. The van der Waals surface area contributed by atoms with E-state index in [2.05, 4.69) is 102 Å². The van der Waals surface area contributed by atoms with E-state index < -0.39 is 11.0 Å². The Morgan fingerprint density at radius 2 is 1.55 bits per heavy atom. The molecule has 15 nitrogen and oxygen atoms in total. The van der Waals surface area contributed by atoms with E-state index in [1.54, 1.807) is 34.0 Å². The summed E-state index contributed by atoms with van der Waals surface area (Å²) in [6, 6.07) is 34.0. The molecule has 9 rings (SSSR count). The Kier molecular flexibility index (Phi) is 18.8. The van der Waals surface area contributed by atoms with Crippen LogP contribution in [0.3, 0.4) is 0 Å². The average molecular weight is 1020 g/mol. The Morgan fingerprint density at radius 1 is 0.789 bits per heavy atom. The van der Waals surface area contributed by atoms with Gasteiger partial charge >= 0.3 is 0 Å². The van der Waals surface area contributed by atoms with Crippen molar-refractivity contribution in [1.29, 1.82) is 0 Å². The first-order chi connectivity index (χ1) is 35.0. The van der Waals surface area contributed by atoms with E-state index in [4.69, 9.17) is 29.4 Å². The molecule has 1 atom stereocenters. The molecule has 378 valence electrons. The quantitative estimate of drug-likeness (QED) is 0.0303. The smallest absolute Gasteiger partial charge is 0.134 e. The third-order valence-corrected chi connectivity index (χ3v) is 16.3. The fourth-order valence-corrected chi connectivity index (χ4v) is 12.1. The van der Waals surface area contributed by atoms with E-state index in [1.807, 2.05) is 40.8 Å². The van der Waals surface area contributed by atoms with Gasteiger partial charge in [-0.2, -0.15) is 0 Å². The van der Waals surface area contributed by atoms with Gasteiger partial charge in [-0.1, -0.05) is 23.4 Å². The van der Waals surface area contributed by atoms with Crippen LogP contribution in [0.4, 0.5) is 11.4 Å². The van der Waals surface area contributed by atoms with Crippen LogP contribution in [-0.4, -0.2) is 142 Å². The number of anilines is 2. The number of aryl methyl sites for hydroxylation is 1. The normalized spacial score (nSPS) is 16.0. The molecular formula is C53H67N9O6S3. The second-order valence-corrected chi connectivity index (χ2v) is 21.4. The van der Waals surface area contributed by atoms with E-state index in [-0.39, 0.29) is 0 Å². The molecule has 3 N–H and O–H groups in total. The van der Waals surface area contributed by atoms with E-state index in [0.717, 1.165) is 92.9 Å². The van der Waals surface area contributed by atoms with Crippen LogP contribution in [-0.2, 0) is 49.6 Å². The van der Waals surface area contributed by atoms with Crippen LogP contribution in [0.25, 0.3) is 32.2 Å². The van der Waals surface area contributed by atoms with Crippen LogP contribution in [0.1, 0.15) is 31.9 Å². The van der Waals surface area contributed by atoms with Crippen molar-refractivity contribution in [1.82, 2.24) is 33.1 Å². The van der Waals surface area contributed by atoms with E-state index in [0.29, 0.717) is 77.7 Å². The molecule has 71 heavy (non-hydrogen) atoms. The van der Waals surface area contributed by atoms with Crippen molar-refractivity contribution in [2.45, 2.75) is 61.7 Å². The van der Waals surface area contributed by atoms with Gasteiger partial charge in [0.15, 0.2) is 0 Å². The lowest BCUT2D eigenvalue weighted by atomic mass is 10.0. The summed E-state index contributed by atoms with van der Waals surface area (Å²) >= 11 is 3.51. The summed E-state index contributed by atoms with van der Waals surface area (Å²) < 4.78 is 52.1. The summed E-state index contributed by atoms with van der Waals surface area (Å²) in [5, 5.41) is 17.2. The van der Waals surface area contributed by atoms with Gasteiger partial charge in [-0.15, -0.1) is 16.4 Å². The first kappa shape index (κ1) is 51.1. The van der Waals surface area contributed by atoms with Crippen LogP contribution in [0.15, 0.2) is 118 Å². The van der Waals surface area contributed by atoms with E-state index in [9.17, 15) is 4.21 Å². The molecule has 0 radical (unpaired) electrons. The van der Waals surface area contributed by atoms with Crippen molar-refractivity contribution >= 4 is 66.6 Å². The fraction of sp³-hybridized carbons (Fsp3) is 0.434. The number of rotatable bonds is 26. The standard InChI is InChI=1S/C53H67N9O6S3/c1-2-62-51-9-4-8-50(49(51)38-52(62)41-10-15-53-42(36-41)18-35-69-53)55-44-16-21-58(22-17-44)25-27-64-29-31-66-33-34-67-32-30-65-28-26-59-39-45(56-57-59)40-68-46-11-13-47(14-12-46)70-60-19-5-20-61(24-23-60)71(63)48-7-3-6-43(54)37-48/h3-4,6-15,18,35-39,44,55H,2,5,16-17,19-34,40,54H2,1H3. The molecule has 4 aromatic carbocycles. The zero-order valence-electron chi connectivity index (χ0n) is 40.7. The van der Waals surface area contributed by atoms with Crippen molar-refractivity contribution in [3.63, 3.8) is 0 Å². The van der Waals surface area contributed by atoms with Gasteiger partial charge in [-0.3, -0.25) is 0 Å². The molecule has 18 heteroatoms. The topological polar surface area (TPSA) is 147 Å². The number of ether oxygens (including phenoxy) is 5. The molecular weight excluding hydrogens is 955 g/mol. The Hall–Kier alpha value is -4.86. The highest BCUT2D eigenvalue weighted by molar-refractivity contribution is 7.97. The number of aromatic nitrogens is 4. The summed E-state index contributed by atoms with van der Waals surface area (Å²) in [6.07, 6.45) is 5.03. The molecule has 0 spiro atoms. The fourth-order valence-electron chi connectivity index (χ4n) is 9.07. The van der Waals surface area contributed by atoms with Gasteiger partial charge in [0.05, 0.1) is 76.0 Å². The monoisotopic (exact) mass is 1020 g/mol. The number of nitrogen functional groups attached to an aromatic ring is 1. The van der Waals surface area contributed by atoms with Crippen molar-refractivity contribution in [3.05, 3.63) is 114 Å². The molecule has 2 fully saturated rings. The second-order valence-electron chi connectivity index (χ2n) is 17.8. The van der Waals surface area contributed by atoms with Gasteiger partial charge in [0.1, 0.15) is 29.0 Å². The van der Waals surface area contributed by atoms with Gasteiger partial charge in [0.2, 0.25) is 0 Å². The first-order valence-corrected chi connectivity index (χ1v) is 27.7. The molecule has 0 bridgehead atoms. The highest BCUT2D eigenvalue weighted by Gasteiger charge is 2.23. The Bertz CT molecular complexity index is 2760. The number of hydrogen-bond donors (Lipinski definition) is 2. The third kappa shape index (κ3) is 14.4. The molecule has 7 aromatic rings. The van der Waals surface area contributed by atoms with Gasteiger partial charge in [0, 0.05) is 90.5 Å². The number of thiophene rings is 1. The average Bonchev–Trinajstić information content (AvgIpc) is 4.12. The van der Waals surface area contributed by atoms with Gasteiger partial charge in [0.25, 0.3) is 0 Å². The number of likely N-dealkylation sites (tertiary alicyclic amines) is 1. The molecule has 2 saturated heterocycles. The second kappa shape index (κ2) is 26.2. The number of fused-ring (bicyclic) bond motifs is 2. The van der Waals surface area contributed by atoms with Crippen LogP contribution >= 0.6 is 23.3 Å². The predicted molar refractivity (Wildman–Crippen MR) is 286 cm³/mol. The lowest BCUT2D eigenvalue weighted by Gasteiger charge is -2.32. The van der Waals surface area contributed by atoms with Crippen LogP contribution < -0.4 is 15.8 Å². The number of nitrogens with one attached hydrogen (secondary N) is 1. The molecule has 3 aromatic heterocycles. The van der Waals surface area contributed by atoms with Gasteiger partial charge < -0.3 is 44.2 Å². The maximum atomic E-state index is 13.1. The minimum atomic E-state index is -1.22. The first-order valence-electron chi connectivity index (χ1n) is 24.9. The Morgan fingerprint density at radius 3 is 2.32 bits per heavy atom. The Balaban J connectivity index is 0.563. The van der Waals surface area contributed by atoms with Crippen LogP contribution in [0.5, 0.6) is 5.75 Å². The molecule has 5 heterocycles. The number of piperidine rings is 1. The SMILES string of the molecule is CCn1c(-c2ccc3sccc3c2)cc2c(NC3CCN(CCOCCOCCOCCOCCn4cc(COc5ccc(SN6CCCN(S(=O)c7cccc(N)c7)CC6)cc5)nn4)CC3)cccc21. The summed E-state index contributed by atoms with van der Waals surface area (Å²) in [4.78, 5) is 4.38. The minimum Gasteiger partial charge on any atom is -0.487 e. The number of nitrogens with two attached hydrogens (primary N) is 1. The van der Waals surface area contributed by atoms with Crippen molar-refractivity contribution in [2.75, 3.05) is 110 Å². The highest BCUT2D eigenvalue weighted by Crippen LogP contribution is 2.36. The zero-order valence-corrected chi connectivity index (χ0v) is 43.2.